The maximum atomic E-state index is 11.5. The van der Waals surface area contributed by atoms with E-state index in [4.69, 9.17) is 14.2 Å². The van der Waals surface area contributed by atoms with Crippen LogP contribution in [-0.4, -0.2) is 30.9 Å². The Hall–Kier alpha value is -2.53. The molecule has 134 valence electrons. The summed E-state index contributed by atoms with van der Waals surface area (Å²) in [5, 5.41) is 9.80. The van der Waals surface area contributed by atoms with E-state index < -0.39 is 12.1 Å². The van der Waals surface area contributed by atoms with Crippen molar-refractivity contribution < 1.29 is 24.1 Å². The van der Waals surface area contributed by atoms with Gasteiger partial charge in [0.05, 0.1) is 13.7 Å². The fourth-order valence-electron chi connectivity index (χ4n) is 2.38. The first-order valence-corrected chi connectivity index (χ1v) is 8.32. The summed E-state index contributed by atoms with van der Waals surface area (Å²) in [7, 11) is 1.59. The van der Waals surface area contributed by atoms with E-state index >= 15 is 0 Å². The molecule has 0 aromatic heterocycles. The molecule has 0 saturated carbocycles. The van der Waals surface area contributed by atoms with Crippen molar-refractivity contribution >= 4 is 5.97 Å². The first-order chi connectivity index (χ1) is 12.1. The topological polar surface area (TPSA) is 65.0 Å². The number of methoxy groups -OCH3 is 1. The van der Waals surface area contributed by atoms with Crippen LogP contribution in [0, 0.1) is 0 Å². The van der Waals surface area contributed by atoms with Crippen LogP contribution >= 0.6 is 0 Å². The van der Waals surface area contributed by atoms with Crippen LogP contribution in [0.1, 0.15) is 24.5 Å². The molecule has 0 bridgehead atoms. The van der Waals surface area contributed by atoms with E-state index in [1.165, 1.54) is 0 Å². The lowest BCUT2D eigenvalue weighted by atomic mass is 10.1. The van der Waals surface area contributed by atoms with Gasteiger partial charge in [-0.05, 0) is 43.0 Å². The first-order valence-electron chi connectivity index (χ1n) is 8.32. The molecule has 1 atom stereocenters. The van der Waals surface area contributed by atoms with Gasteiger partial charge in [0.2, 0.25) is 0 Å². The molecule has 0 spiro atoms. The highest BCUT2D eigenvalue weighted by Crippen LogP contribution is 2.29. The molecular weight excluding hydrogens is 320 g/mol. The zero-order valence-electron chi connectivity index (χ0n) is 14.6. The Bertz CT molecular complexity index is 669. The van der Waals surface area contributed by atoms with Gasteiger partial charge in [-0.2, -0.15) is 0 Å². The summed E-state index contributed by atoms with van der Waals surface area (Å²) >= 11 is 0. The summed E-state index contributed by atoms with van der Waals surface area (Å²) in [6, 6.07) is 15.5. The number of hydrogen-bond donors (Lipinski definition) is 1. The van der Waals surface area contributed by atoms with Gasteiger partial charge >= 0.3 is 5.97 Å². The summed E-state index contributed by atoms with van der Waals surface area (Å²) in [5.41, 5.74) is 2.01. The Morgan fingerprint density at radius 1 is 1.08 bits per heavy atom. The highest BCUT2D eigenvalue weighted by atomic mass is 16.5. The molecule has 0 aliphatic rings. The molecule has 2 rings (SSSR count). The SMILES string of the molecule is CCOC(=O)C(O)CCc1ccc(OC)c(OCc2ccccc2)c1. The van der Waals surface area contributed by atoms with E-state index in [1.54, 1.807) is 14.0 Å². The number of carbonyl (C=O) groups is 1. The van der Waals surface area contributed by atoms with E-state index in [2.05, 4.69) is 0 Å². The van der Waals surface area contributed by atoms with Crippen molar-refractivity contribution in [2.24, 2.45) is 0 Å². The molecule has 0 radical (unpaired) electrons. The molecule has 0 amide bonds. The predicted octanol–water partition coefficient (Wildman–Crippen LogP) is 3.13. The number of aryl methyl sites for hydroxylation is 1. The molecule has 2 aromatic rings. The Labute approximate surface area is 148 Å². The van der Waals surface area contributed by atoms with Crippen LogP contribution in [0.4, 0.5) is 0 Å². The summed E-state index contributed by atoms with van der Waals surface area (Å²) < 4.78 is 16.0. The molecule has 5 heteroatoms. The fourth-order valence-corrected chi connectivity index (χ4v) is 2.38. The van der Waals surface area contributed by atoms with Gasteiger partial charge in [-0.25, -0.2) is 4.79 Å². The molecule has 1 unspecified atom stereocenters. The quantitative estimate of drug-likeness (QED) is 0.708. The summed E-state index contributed by atoms with van der Waals surface area (Å²) in [5.74, 6) is 0.691. The maximum Gasteiger partial charge on any atom is 0.334 e. The minimum atomic E-state index is -1.12. The van der Waals surface area contributed by atoms with Gasteiger partial charge < -0.3 is 19.3 Å². The summed E-state index contributed by atoms with van der Waals surface area (Å²) in [6.07, 6.45) is -0.287. The van der Waals surface area contributed by atoms with Crippen molar-refractivity contribution in [2.75, 3.05) is 13.7 Å². The standard InChI is InChI=1S/C20H24O5/c1-3-24-20(22)17(21)11-9-15-10-12-18(23-2)19(13-15)25-14-16-7-5-4-6-8-16/h4-8,10,12-13,17,21H,3,9,11,14H2,1-2H3. The second-order valence-electron chi connectivity index (χ2n) is 5.57. The minimum Gasteiger partial charge on any atom is -0.493 e. The van der Waals surface area contributed by atoms with Gasteiger partial charge in [0.15, 0.2) is 17.6 Å². The third-order valence-corrected chi connectivity index (χ3v) is 3.73. The smallest absolute Gasteiger partial charge is 0.334 e. The van der Waals surface area contributed by atoms with Crippen molar-refractivity contribution in [1.82, 2.24) is 0 Å². The van der Waals surface area contributed by atoms with Gasteiger partial charge in [-0.15, -0.1) is 0 Å². The zero-order valence-corrected chi connectivity index (χ0v) is 14.6. The van der Waals surface area contributed by atoms with E-state index in [0.29, 0.717) is 30.9 Å². The number of aliphatic hydroxyl groups is 1. The van der Waals surface area contributed by atoms with E-state index in [0.717, 1.165) is 11.1 Å². The maximum absolute atomic E-state index is 11.5. The van der Waals surface area contributed by atoms with Crippen molar-refractivity contribution in [2.45, 2.75) is 32.5 Å². The molecule has 0 fully saturated rings. The number of esters is 1. The predicted molar refractivity (Wildman–Crippen MR) is 94.7 cm³/mol. The number of hydrogen-bond acceptors (Lipinski definition) is 5. The Morgan fingerprint density at radius 3 is 2.52 bits per heavy atom. The lowest BCUT2D eigenvalue weighted by Crippen LogP contribution is -2.23. The molecule has 0 heterocycles. The molecule has 0 saturated heterocycles. The number of carbonyl (C=O) groups excluding carboxylic acids is 1. The summed E-state index contributed by atoms with van der Waals surface area (Å²) in [4.78, 5) is 11.5. The van der Waals surface area contributed by atoms with Crippen molar-refractivity contribution in [3.8, 4) is 11.5 Å². The third-order valence-electron chi connectivity index (χ3n) is 3.73. The Morgan fingerprint density at radius 2 is 1.84 bits per heavy atom. The van der Waals surface area contributed by atoms with Gasteiger partial charge in [0, 0.05) is 0 Å². The highest BCUT2D eigenvalue weighted by Gasteiger charge is 2.16. The molecule has 2 aromatic carbocycles. The normalized spacial score (nSPS) is 11.6. The van der Waals surface area contributed by atoms with E-state index in [1.807, 2.05) is 48.5 Å². The van der Waals surface area contributed by atoms with Crippen molar-refractivity contribution in [1.29, 1.82) is 0 Å². The number of aliphatic hydroxyl groups excluding tert-OH is 1. The lowest BCUT2D eigenvalue weighted by Gasteiger charge is -2.13. The fraction of sp³-hybridized carbons (Fsp3) is 0.350. The Kier molecular flexibility index (Phi) is 7.29. The van der Waals surface area contributed by atoms with Crippen LogP contribution in [0.15, 0.2) is 48.5 Å². The van der Waals surface area contributed by atoms with Crippen LogP contribution in [0.3, 0.4) is 0 Å². The van der Waals surface area contributed by atoms with Crippen LogP contribution in [0.25, 0.3) is 0 Å². The minimum absolute atomic E-state index is 0.260. The second-order valence-corrected chi connectivity index (χ2v) is 5.57. The van der Waals surface area contributed by atoms with E-state index in [9.17, 15) is 9.90 Å². The molecule has 0 aliphatic heterocycles. The lowest BCUT2D eigenvalue weighted by molar-refractivity contribution is -0.153. The largest absolute Gasteiger partial charge is 0.493 e. The van der Waals surface area contributed by atoms with Crippen LogP contribution in [0.2, 0.25) is 0 Å². The summed E-state index contributed by atoms with van der Waals surface area (Å²) in [6.45, 7) is 2.41. The second kappa shape index (κ2) is 9.69. The van der Waals surface area contributed by atoms with Crippen molar-refractivity contribution in [3.05, 3.63) is 59.7 Å². The van der Waals surface area contributed by atoms with E-state index in [-0.39, 0.29) is 6.61 Å². The van der Waals surface area contributed by atoms with Crippen LogP contribution in [-0.2, 0) is 22.6 Å². The number of ether oxygens (including phenoxy) is 3. The van der Waals surface area contributed by atoms with Gasteiger partial charge in [0.1, 0.15) is 6.61 Å². The molecule has 25 heavy (non-hydrogen) atoms. The van der Waals surface area contributed by atoms with Crippen LogP contribution < -0.4 is 9.47 Å². The molecule has 5 nitrogen and oxygen atoms in total. The third kappa shape index (κ3) is 5.80. The van der Waals surface area contributed by atoms with Crippen molar-refractivity contribution in [3.63, 3.8) is 0 Å². The van der Waals surface area contributed by atoms with Gasteiger partial charge in [0.25, 0.3) is 0 Å². The van der Waals surface area contributed by atoms with Crippen LogP contribution in [0.5, 0.6) is 11.5 Å². The van der Waals surface area contributed by atoms with Gasteiger partial charge in [-0.3, -0.25) is 0 Å². The highest BCUT2D eigenvalue weighted by molar-refractivity contribution is 5.74. The first kappa shape index (κ1) is 18.8. The average molecular weight is 344 g/mol. The average Bonchev–Trinajstić information content (AvgIpc) is 2.65. The van der Waals surface area contributed by atoms with Gasteiger partial charge in [-0.1, -0.05) is 36.4 Å². The molecule has 1 N–H and O–H groups in total. The zero-order chi connectivity index (χ0) is 18.1. The molecule has 0 aliphatic carbocycles. The number of rotatable bonds is 9. The molecular formula is C20H24O5. The monoisotopic (exact) mass is 344 g/mol. The number of benzene rings is 2. The Balaban J connectivity index is 1.99.